The summed E-state index contributed by atoms with van der Waals surface area (Å²) < 4.78 is 40.5. The summed E-state index contributed by atoms with van der Waals surface area (Å²) >= 11 is 0. The number of benzene rings is 1. The van der Waals surface area contributed by atoms with Gasteiger partial charge in [0.15, 0.2) is 6.29 Å². The van der Waals surface area contributed by atoms with Crippen LogP contribution in [-0.4, -0.2) is 10.9 Å². The predicted octanol–water partition coefficient (Wildman–Crippen LogP) is 4.23. The third-order valence-corrected chi connectivity index (χ3v) is 3.38. The van der Waals surface area contributed by atoms with Gasteiger partial charge < -0.3 is 4.57 Å². The van der Waals surface area contributed by atoms with E-state index in [1.165, 1.54) is 13.0 Å². The lowest BCUT2D eigenvalue weighted by Gasteiger charge is -2.15. The fourth-order valence-corrected chi connectivity index (χ4v) is 2.36. The number of halogens is 3. The quantitative estimate of drug-likeness (QED) is 0.755. The van der Waals surface area contributed by atoms with Crippen LogP contribution in [0.2, 0.25) is 0 Å². The van der Waals surface area contributed by atoms with Gasteiger partial charge in [-0.3, -0.25) is 4.79 Å². The Labute approximate surface area is 114 Å². The molecule has 1 aromatic heterocycles. The second-order valence-electron chi connectivity index (χ2n) is 4.78. The Morgan fingerprint density at radius 2 is 1.75 bits per heavy atom. The summed E-state index contributed by atoms with van der Waals surface area (Å²) in [6.07, 6.45) is -3.68. The van der Waals surface area contributed by atoms with Gasteiger partial charge in [0.05, 0.1) is 5.56 Å². The molecule has 0 saturated carbocycles. The Hall–Kier alpha value is -2.04. The van der Waals surface area contributed by atoms with Crippen molar-refractivity contribution < 1.29 is 18.0 Å². The smallest absolute Gasteiger partial charge is 0.318 e. The molecule has 1 aromatic carbocycles. The molecule has 2 aromatic rings. The highest BCUT2D eigenvalue weighted by Crippen LogP contribution is 2.33. The minimum absolute atomic E-state index is 0.180. The van der Waals surface area contributed by atoms with Crippen LogP contribution in [-0.2, 0) is 6.18 Å². The molecule has 0 unspecified atom stereocenters. The molecule has 0 N–H and O–H groups in total. The van der Waals surface area contributed by atoms with Gasteiger partial charge in [-0.25, -0.2) is 0 Å². The minimum atomic E-state index is -4.39. The first kappa shape index (κ1) is 14.4. The zero-order valence-electron chi connectivity index (χ0n) is 11.4. The van der Waals surface area contributed by atoms with E-state index in [1.54, 1.807) is 30.5 Å². The van der Waals surface area contributed by atoms with Crippen LogP contribution in [0.5, 0.6) is 0 Å². The predicted molar refractivity (Wildman–Crippen MR) is 70.4 cm³/mol. The van der Waals surface area contributed by atoms with E-state index < -0.39 is 11.7 Å². The van der Waals surface area contributed by atoms with E-state index in [9.17, 15) is 18.0 Å². The van der Waals surface area contributed by atoms with Crippen molar-refractivity contribution in [1.29, 1.82) is 0 Å². The zero-order chi connectivity index (χ0) is 15.1. The number of aldehydes is 1. The van der Waals surface area contributed by atoms with Crippen molar-refractivity contribution >= 4 is 6.29 Å². The van der Waals surface area contributed by atoms with Crippen LogP contribution >= 0.6 is 0 Å². The van der Waals surface area contributed by atoms with Crippen LogP contribution in [0.4, 0.5) is 13.2 Å². The number of alkyl halides is 3. The molecule has 0 saturated heterocycles. The summed E-state index contributed by atoms with van der Waals surface area (Å²) in [4.78, 5) is 10.9. The lowest BCUT2D eigenvalue weighted by Crippen LogP contribution is -2.09. The third-order valence-electron chi connectivity index (χ3n) is 3.38. The van der Waals surface area contributed by atoms with E-state index >= 15 is 0 Å². The van der Waals surface area contributed by atoms with Crippen molar-refractivity contribution in [3.05, 3.63) is 52.3 Å². The molecule has 0 amide bonds. The standard InChI is InChI=1S/C15H14F3NO/c1-9-4-5-13(7-14(9)15(16,17)18)19-10(2)6-12(8-20)11(19)3/h4-8H,1-3H3. The monoisotopic (exact) mass is 281 g/mol. The number of hydrogen-bond acceptors (Lipinski definition) is 1. The molecule has 0 atom stereocenters. The van der Waals surface area contributed by atoms with E-state index in [0.717, 1.165) is 11.8 Å². The highest BCUT2D eigenvalue weighted by atomic mass is 19.4. The molecule has 0 spiro atoms. The number of hydrogen-bond donors (Lipinski definition) is 0. The van der Waals surface area contributed by atoms with Crippen LogP contribution in [0.15, 0.2) is 24.3 Å². The summed E-state index contributed by atoms with van der Waals surface area (Å²) in [7, 11) is 0. The number of carbonyl (C=O) groups is 1. The van der Waals surface area contributed by atoms with E-state index in [4.69, 9.17) is 0 Å². The van der Waals surface area contributed by atoms with Gasteiger partial charge in [0.25, 0.3) is 0 Å². The van der Waals surface area contributed by atoms with Crippen molar-refractivity contribution in [1.82, 2.24) is 4.57 Å². The van der Waals surface area contributed by atoms with E-state index in [0.29, 0.717) is 23.2 Å². The Morgan fingerprint density at radius 3 is 2.25 bits per heavy atom. The lowest BCUT2D eigenvalue weighted by atomic mass is 10.1. The number of aromatic nitrogens is 1. The average molecular weight is 281 g/mol. The van der Waals surface area contributed by atoms with Crippen molar-refractivity contribution in [2.24, 2.45) is 0 Å². The second kappa shape index (κ2) is 4.81. The summed E-state index contributed by atoms with van der Waals surface area (Å²) in [5, 5.41) is 0. The van der Waals surface area contributed by atoms with Crippen molar-refractivity contribution in [3.63, 3.8) is 0 Å². The fourth-order valence-electron chi connectivity index (χ4n) is 2.36. The molecular formula is C15H14F3NO. The molecule has 0 aliphatic rings. The molecule has 2 rings (SSSR count). The van der Waals surface area contributed by atoms with Gasteiger partial charge in [-0.2, -0.15) is 13.2 Å². The normalized spacial score (nSPS) is 11.7. The third kappa shape index (κ3) is 2.35. The first-order valence-corrected chi connectivity index (χ1v) is 6.08. The average Bonchev–Trinajstić information content (AvgIpc) is 2.64. The maximum absolute atomic E-state index is 13.0. The molecule has 0 aliphatic heterocycles. The van der Waals surface area contributed by atoms with Crippen LogP contribution in [0.3, 0.4) is 0 Å². The number of nitrogens with zero attached hydrogens (tertiary/aromatic N) is 1. The molecule has 0 bridgehead atoms. The van der Waals surface area contributed by atoms with Crippen molar-refractivity contribution in [2.75, 3.05) is 0 Å². The number of aryl methyl sites for hydroxylation is 2. The zero-order valence-corrected chi connectivity index (χ0v) is 11.4. The van der Waals surface area contributed by atoms with Gasteiger partial charge >= 0.3 is 6.18 Å². The Bertz CT molecular complexity index is 668. The first-order chi connectivity index (χ1) is 9.25. The molecule has 0 fully saturated rings. The summed E-state index contributed by atoms with van der Waals surface area (Å²) in [6.45, 7) is 4.90. The number of rotatable bonds is 2. The van der Waals surface area contributed by atoms with Crippen LogP contribution in [0, 0.1) is 20.8 Å². The highest BCUT2D eigenvalue weighted by Gasteiger charge is 2.32. The van der Waals surface area contributed by atoms with Gasteiger partial charge in [0, 0.05) is 22.6 Å². The Balaban J connectivity index is 2.66. The summed E-state index contributed by atoms with van der Waals surface area (Å²) in [5.41, 5.74) is 1.77. The van der Waals surface area contributed by atoms with Crippen LogP contribution in [0.1, 0.15) is 32.9 Å². The SMILES string of the molecule is Cc1ccc(-n2c(C)cc(C=O)c2C)cc1C(F)(F)F. The Kier molecular flexibility index (Phi) is 3.46. The topological polar surface area (TPSA) is 22.0 Å². The van der Waals surface area contributed by atoms with Gasteiger partial charge in [0.1, 0.15) is 0 Å². The maximum atomic E-state index is 13.0. The van der Waals surface area contributed by atoms with Crippen LogP contribution in [0.25, 0.3) is 5.69 Å². The number of carbonyl (C=O) groups excluding carboxylic acids is 1. The van der Waals surface area contributed by atoms with Crippen molar-refractivity contribution in [3.8, 4) is 5.69 Å². The van der Waals surface area contributed by atoms with E-state index in [-0.39, 0.29) is 5.56 Å². The molecule has 1 heterocycles. The molecule has 2 nitrogen and oxygen atoms in total. The molecule has 0 aliphatic carbocycles. The minimum Gasteiger partial charge on any atom is -0.318 e. The van der Waals surface area contributed by atoms with Gasteiger partial charge in [-0.05, 0) is 44.5 Å². The van der Waals surface area contributed by atoms with Gasteiger partial charge in [0.2, 0.25) is 0 Å². The van der Waals surface area contributed by atoms with Gasteiger partial charge in [-0.1, -0.05) is 6.07 Å². The van der Waals surface area contributed by atoms with E-state index in [1.807, 2.05) is 0 Å². The second-order valence-corrected chi connectivity index (χ2v) is 4.78. The lowest BCUT2D eigenvalue weighted by molar-refractivity contribution is -0.138. The molecular weight excluding hydrogens is 267 g/mol. The first-order valence-electron chi connectivity index (χ1n) is 6.08. The fraction of sp³-hybridized carbons (Fsp3) is 0.267. The largest absolute Gasteiger partial charge is 0.416 e. The molecule has 20 heavy (non-hydrogen) atoms. The van der Waals surface area contributed by atoms with E-state index in [2.05, 4.69) is 0 Å². The molecule has 106 valence electrons. The van der Waals surface area contributed by atoms with Crippen molar-refractivity contribution in [2.45, 2.75) is 26.9 Å². The van der Waals surface area contributed by atoms with Gasteiger partial charge in [-0.15, -0.1) is 0 Å². The summed E-state index contributed by atoms with van der Waals surface area (Å²) in [6, 6.07) is 5.84. The molecule has 5 heteroatoms. The highest BCUT2D eigenvalue weighted by molar-refractivity contribution is 5.77. The summed E-state index contributed by atoms with van der Waals surface area (Å²) in [5.74, 6) is 0. The molecule has 0 radical (unpaired) electrons. The Morgan fingerprint density at radius 1 is 1.10 bits per heavy atom. The maximum Gasteiger partial charge on any atom is 0.416 e. The van der Waals surface area contributed by atoms with Crippen LogP contribution < -0.4 is 0 Å².